The first-order chi connectivity index (χ1) is 7.79. The lowest BCUT2D eigenvalue weighted by molar-refractivity contribution is 0.278. The fourth-order valence-electron chi connectivity index (χ4n) is 2.67. The molecule has 1 aliphatic rings. The molecule has 0 amide bonds. The molecule has 2 heteroatoms. The summed E-state index contributed by atoms with van der Waals surface area (Å²) in [6.07, 6.45) is 6.99. The van der Waals surface area contributed by atoms with Crippen LogP contribution in [0.4, 0.5) is 0 Å². The molecule has 16 heavy (non-hydrogen) atoms. The standard InChI is InChI=1S/C14H23NS/c1-3-12-5-4-6-14(7-12)15-8-13-10-16-9-11(13)2/h9-10,12,14-15H,3-8H2,1-2H3. The number of hydrogen-bond donors (Lipinski definition) is 1. The molecule has 0 aliphatic heterocycles. The molecule has 1 aromatic rings. The fraction of sp³-hybridized carbons (Fsp3) is 0.714. The highest BCUT2D eigenvalue weighted by molar-refractivity contribution is 7.08. The third-order valence-corrected chi connectivity index (χ3v) is 4.81. The van der Waals surface area contributed by atoms with Crippen LogP contribution < -0.4 is 5.32 Å². The third-order valence-electron chi connectivity index (χ3n) is 3.90. The van der Waals surface area contributed by atoms with Crippen LogP contribution in [0.5, 0.6) is 0 Å². The Hall–Kier alpha value is -0.340. The van der Waals surface area contributed by atoms with Crippen LogP contribution in [-0.2, 0) is 6.54 Å². The first kappa shape index (κ1) is 12.1. The highest BCUT2D eigenvalue weighted by atomic mass is 32.1. The van der Waals surface area contributed by atoms with E-state index in [0.717, 1.165) is 18.5 Å². The molecule has 0 radical (unpaired) electrons. The molecule has 1 nitrogen and oxygen atoms in total. The average Bonchev–Trinajstić information content (AvgIpc) is 2.72. The molecule has 0 aromatic carbocycles. The van der Waals surface area contributed by atoms with Crippen molar-refractivity contribution in [3.63, 3.8) is 0 Å². The quantitative estimate of drug-likeness (QED) is 0.831. The van der Waals surface area contributed by atoms with Gasteiger partial charge in [-0.25, -0.2) is 0 Å². The molecule has 2 rings (SSSR count). The summed E-state index contributed by atoms with van der Waals surface area (Å²) in [5.41, 5.74) is 2.93. The van der Waals surface area contributed by atoms with E-state index in [2.05, 4.69) is 29.9 Å². The molecule has 2 unspecified atom stereocenters. The minimum absolute atomic E-state index is 0.762. The topological polar surface area (TPSA) is 12.0 Å². The maximum Gasteiger partial charge on any atom is 0.0218 e. The van der Waals surface area contributed by atoms with E-state index in [1.807, 2.05) is 11.3 Å². The normalized spacial score (nSPS) is 25.9. The molecule has 90 valence electrons. The number of aryl methyl sites for hydroxylation is 1. The van der Waals surface area contributed by atoms with Crippen molar-refractivity contribution in [2.75, 3.05) is 0 Å². The Morgan fingerprint density at radius 3 is 2.94 bits per heavy atom. The van der Waals surface area contributed by atoms with Gasteiger partial charge in [-0.1, -0.05) is 26.2 Å². The van der Waals surface area contributed by atoms with E-state index in [9.17, 15) is 0 Å². The van der Waals surface area contributed by atoms with Gasteiger partial charge in [-0.2, -0.15) is 11.3 Å². The minimum Gasteiger partial charge on any atom is -0.310 e. The molecule has 1 aromatic heterocycles. The van der Waals surface area contributed by atoms with Crippen molar-refractivity contribution in [3.8, 4) is 0 Å². The molecule has 1 N–H and O–H groups in total. The summed E-state index contributed by atoms with van der Waals surface area (Å²) in [7, 11) is 0. The largest absolute Gasteiger partial charge is 0.310 e. The van der Waals surface area contributed by atoms with Gasteiger partial charge in [0.05, 0.1) is 0 Å². The Morgan fingerprint density at radius 2 is 2.25 bits per heavy atom. The first-order valence-corrected chi connectivity index (χ1v) is 7.49. The number of thiophene rings is 1. The van der Waals surface area contributed by atoms with Crippen LogP contribution in [0.15, 0.2) is 10.8 Å². The number of rotatable bonds is 4. The number of nitrogens with one attached hydrogen (secondary N) is 1. The van der Waals surface area contributed by atoms with Crippen molar-refractivity contribution in [2.24, 2.45) is 5.92 Å². The molecule has 0 bridgehead atoms. The van der Waals surface area contributed by atoms with Crippen molar-refractivity contribution in [3.05, 3.63) is 21.9 Å². The summed E-state index contributed by atoms with van der Waals surface area (Å²) in [4.78, 5) is 0. The second kappa shape index (κ2) is 5.83. The summed E-state index contributed by atoms with van der Waals surface area (Å²) < 4.78 is 0. The van der Waals surface area contributed by atoms with E-state index in [-0.39, 0.29) is 0 Å². The van der Waals surface area contributed by atoms with Crippen molar-refractivity contribution >= 4 is 11.3 Å². The lowest BCUT2D eigenvalue weighted by Gasteiger charge is -2.29. The maximum atomic E-state index is 3.74. The lowest BCUT2D eigenvalue weighted by atomic mass is 9.84. The van der Waals surface area contributed by atoms with Crippen LogP contribution in [0, 0.1) is 12.8 Å². The van der Waals surface area contributed by atoms with Gasteiger partial charge in [0.25, 0.3) is 0 Å². The Bertz CT molecular complexity index is 318. The van der Waals surface area contributed by atoms with Gasteiger partial charge in [-0.15, -0.1) is 0 Å². The monoisotopic (exact) mass is 237 g/mol. The average molecular weight is 237 g/mol. The Morgan fingerprint density at radius 1 is 1.38 bits per heavy atom. The second-order valence-corrected chi connectivity index (χ2v) is 5.84. The molecule has 1 aliphatic carbocycles. The molecule has 2 atom stereocenters. The predicted octanol–water partition coefficient (Wildman–Crippen LogP) is 4.11. The van der Waals surface area contributed by atoms with Crippen molar-refractivity contribution in [2.45, 2.75) is 58.5 Å². The molecule has 1 saturated carbocycles. The van der Waals surface area contributed by atoms with Crippen LogP contribution >= 0.6 is 11.3 Å². The molecule has 1 fully saturated rings. The summed E-state index contributed by atoms with van der Waals surface area (Å²) in [5, 5.41) is 8.26. The smallest absolute Gasteiger partial charge is 0.0218 e. The van der Waals surface area contributed by atoms with Crippen molar-refractivity contribution < 1.29 is 0 Å². The molecular formula is C14H23NS. The molecular weight excluding hydrogens is 214 g/mol. The third kappa shape index (κ3) is 3.08. The summed E-state index contributed by atoms with van der Waals surface area (Å²) in [5.74, 6) is 0.967. The molecule has 0 saturated heterocycles. The highest BCUT2D eigenvalue weighted by Crippen LogP contribution is 2.26. The van der Waals surface area contributed by atoms with Gasteiger partial charge in [-0.05, 0) is 47.6 Å². The lowest BCUT2D eigenvalue weighted by Crippen LogP contribution is -2.33. The van der Waals surface area contributed by atoms with Gasteiger partial charge in [0.1, 0.15) is 0 Å². The zero-order valence-electron chi connectivity index (χ0n) is 10.5. The summed E-state index contributed by atoms with van der Waals surface area (Å²) in [6.45, 7) is 5.61. The van der Waals surface area contributed by atoms with E-state index in [1.54, 1.807) is 0 Å². The highest BCUT2D eigenvalue weighted by Gasteiger charge is 2.20. The number of hydrogen-bond acceptors (Lipinski definition) is 2. The van der Waals surface area contributed by atoms with Gasteiger partial charge >= 0.3 is 0 Å². The van der Waals surface area contributed by atoms with Crippen molar-refractivity contribution in [1.29, 1.82) is 0 Å². The zero-order valence-corrected chi connectivity index (χ0v) is 11.3. The van der Waals surface area contributed by atoms with E-state index in [1.165, 1.54) is 43.2 Å². The van der Waals surface area contributed by atoms with Gasteiger partial charge in [-0.3, -0.25) is 0 Å². The van der Waals surface area contributed by atoms with Crippen LogP contribution in [-0.4, -0.2) is 6.04 Å². The minimum atomic E-state index is 0.762. The second-order valence-electron chi connectivity index (χ2n) is 5.10. The Balaban J connectivity index is 1.79. The Kier molecular flexibility index (Phi) is 4.42. The van der Waals surface area contributed by atoms with Crippen LogP contribution in [0.1, 0.15) is 50.2 Å². The maximum absolute atomic E-state index is 3.74. The summed E-state index contributed by atoms with van der Waals surface area (Å²) >= 11 is 1.82. The Labute approximate surface area is 103 Å². The first-order valence-electron chi connectivity index (χ1n) is 6.54. The van der Waals surface area contributed by atoms with Gasteiger partial charge in [0, 0.05) is 12.6 Å². The summed E-state index contributed by atoms with van der Waals surface area (Å²) in [6, 6.07) is 0.762. The zero-order chi connectivity index (χ0) is 11.4. The van der Waals surface area contributed by atoms with Gasteiger partial charge in [0.15, 0.2) is 0 Å². The molecule has 1 heterocycles. The van der Waals surface area contributed by atoms with E-state index >= 15 is 0 Å². The van der Waals surface area contributed by atoms with Crippen molar-refractivity contribution in [1.82, 2.24) is 5.32 Å². The SMILES string of the molecule is CCC1CCCC(NCc2cscc2C)C1. The van der Waals surface area contributed by atoms with E-state index in [4.69, 9.17) is 0 Å². The fourth-order valence-corrected chi connectivity index (χ4v) is 3.53. The van der Waals surface area contributed by atoms with Gasteiger partial charge in [0.2, 0.25) is 0 Å². The van der Waals surface area contributed by atoms with Crippen LogP contribution in [0.3, 0.4) is 0 Å². The predicted molar refractivity (Wildman–Crippen MR) is 71.9 cm³/mol. The van der Waals surface area contributed by atoms with Crippen LogP contribution in [0.25, 0.3) is 0 Å². The van der Waals surface area contributed by atoms with Gasteiger partial charge < -0.3 is 5.32 Å². The van der Waals surface area contributed by atoms with E-state index < -0.39 is 0 Å². The van der Waals surface area contributed by atoms with E-state index in [0.29, 0.717) is 0 Å². The van der Waals surface area contributed by atoms with Crippen LogP contribution in [0.2, 0.25) is 0 Å². The molecule has 0 spiro atoms.